The van der Waals surface area contributed by atoms with Gasteiger partial charge in [-0.3, -0.25) is 0 Å². The van der Waals surface area contributed by atoms with Crippen molar-refractivity contribution in [2.75, 3.05) is 19.0 Å². The molecule has 4 aromatic rings. The highest BCUT2D eigenvalue weighted by atomic mass is 16.5. The van der Waals surface area contributed by atoms with E-state index >= 15 is 0 Å². The summed E-state index contributed by atoms with van der Waals surface area (Å²) in [6.45, 7) is 0. The van der Waals surface area contributed by atoms with Gasteiger partial charge in [0, 0.05) is 31.4 Å². The summed E-state index contributed by atoms with van der Waals surface area (Å²) in [6.07, 6.45) is 3.63. The van der Waals surface area contributed by atoms with Gasteiger partial charge in [0.2, 0.25) is 5.82 Å². The van der Waals surface area contributed by atoms with Crippen LogP contribution in [0.25, 0.3) is 28.3 Å². The number of hydrogen-bond donors (Lipinski definition) is 0. The SMILES string of the molecule is CN(C)c1nc(-c2cccc(-c3cn4ncccc4n3)c2)no1. The number of benzene rings is 1. The van der Waals surface area contributed by atoms with Crippen LogP contribution in [0.5, 0.6) is 0 Å². The molecule has 4 rings (SSSR count). The average Bonchev–Trinajstić information content (AvgIpc) is 3.22. The van der Waals surface area contributed by atoms with Crippen molar-refractivity contribution < 1.29 is 4.52 Å². The van der Waals surface area contributed by atoms with Crippen LogP contribution in [0.2, 0.25) is 0 Å². The Hall–Kier alpha value is -3.22. The minimum absolute atomic E-state index is 0.474. The molecule has 23 heavy (non-hydrogen) atoms. The molecule has 0 N–H and O–H groups in total. The molecule has 0 fully saturated rings. The Morgan fingerprint density at radius 1 is 1.04 bits per heavy atom. The lowest BCUT2D eigenvalue weighted by Gasteiger charge is -2.02. The molecule has 0 amide bonds. The second-order valence-electron chi connectivity index (χ2n) is 5.33. The molecule has 0 aliphatic carbocycles. The number of aromatic nitrogens is 5. The summed E-state index contributed by atoms with van der Waals surface area (Å²) < 4.78 is 6.96. The number of imidazole rings is 1. The van der Waals surface area contributed by atoms with Crippen LogP contribution in [0.4, 0.5) is 6.01 Å². The van der Waals surface area contributed by atoms with Crippen molar-refractivity contribution in [3.8, 4) is 22.6 Å². The summed E-state index contributed by atoms with van der Waals surface area (Å²) in [7, 11) is 3.72. The van der Waals surface area contributed by atoms with E-state index in [9.17, 15) is 0 Å². The van der Waals surface area contributed by atoms with Crippen molar-refractivity contribution in [3.05, 3.63) is 48.8 Å². The van der Waals surface area contributed by atoms with Crippen LogP contribution in [0.3, 0.4) is 0 Å². The van der Waals surface area contributed by atoms with Crippen LogP contribution in [0.15, 0.2) is 53.3 Å². The zero-order chi connectivity index (χ0) is 15.8. The van der Waals surface area contributed by atoms with Gasteiger partial charge in [0.05, 0.1) is 11.9 Å². The Morgan fingerprint density at radius 3 is 2.70 bits per heavy atom. The fraction of sp³-hybridized carbons (Fsp3) is 0.125. The third-order valence-corrected chi connectivity index (χ3v) is 3.45. The zero-order valence-corrected chi connectivity index (χ0v) is 12.7. The normalized spacial score (nSPS) is 11.0. The van der Waals surface area contributed by atoms with Crippen molar-refractivity contribution in [2.45, 2.75) is 0 Å². The second kappa shape index (κ2) is 5.20. The van der Waals surface area contributed by atoms with E-state index in [1.54, 1.807) is 15.6 Å². The molecule has 7 nitrogen and oxygen atoms in total. The maximum atomic E-state index is 5.21. The predicted octanol–water partition coefficient (Wildman–Crippen LogP) is 2.51. The van der Waals surface area contributed by atoms with Crippen molar-refractivity contribution >= 4 is 11.7 Å². The van der Waals surface area contributed by atoms with Crippen molar-refractivity contribution in [2.24, 2.45) is 0 Å². The summed E-state index contributed by atoms with van der Waals surface area (Å²) in [4.78, 5) is 10.7. The largest absolute Gasteiger partial charge is 0.331 e. The van der Waals surface area contributed by atoms with Crippen LogP contribution in [0, 0.1) is 0 Å². The van der Waals surface area contributed by atoms with Gasteiger partial charge in [0.15, 0.2) is 5.65 Å². The van der Waals surface area contributed by atoms with Crippen LogP contribution < -0.4 is 4.90 Å². The van der Waals surface area contributed by atoms with Gasteiger partial charge in [-0.15, -0.1) is 0 Å². The van der Waals surface area contributed by atoms with Crippen LogP contribution in [-0.4, -0.2) is 38.8 Å². The second-order valence-corrected chi connectivity index (χ2v) is 5.33. The molecule has 0 bridgehead atoms. The van der Waals surface area contributed by atoms with Crippen molar-refractivity contribution in [3.63, 3.8) is 0 Å². The summed E-state index contributed by atoms with van der Waals surface area (Å²) in [5.74, 6) is 0.553. The lowest BCUT2D eigenvalue weighted by atomic mass is 10.1. The Morgan fingerprint density at radius 2 is 1.91 bits per heavy atom. The van der Waals surface area contributed by atoms with Gasteiger partial charge in [-0.25, -0.2) is 9.50 Å². The number of hydrogen-bond acceptors (Lipinski definition) is 6. The molecular formula is C16H14N6O. The van der Waals surface area contributed by atoms with Gasteiger partial charge in [0.1, 0.15) is 0 Å². The highest BCUT2D eigenvalue weighted by Gasteiger charge is 2.12. The summed E-state index contributed by atoms with van der Waals surface area (Å²) >= 11 is 0. The standard InChI is InChI=1S/C16H14N6O/c1-21(2)16-19-15(20-23-16)12-6-3-5-11(9-12)13-10-22-14(18-13)7-4-8-17-22/h3-10H,1-2H3. The number of nitrogens with zero attached hydrogens (tertiary/aromatic N) is 6. The van der Waals surface area contributed by atoms with E-state index in [0.717, 1.165) is 22.5 Å². The fourth-order valence-electron chi connectivity index (χ4n) is 2.30. The summed E-state index contributed by atoms with van der Waals surface area (Å²) in [5.41, 5.74) is 3.51. The van der Waals surface area contributed by atoms with E-state index < -0.39 is 0 Å². The lowest BCUT2D eigenvalue weighted by Crippen LogP contribution is -2.08. The summed E-state index contributed by atoms with van der Waals surface area (Å²) in [6, 6.07) is 12.1. The van der Waals surface area contributed by atoms with E-state index in [1.165, 1.54) is 0 Å². The third-order valence-electron chi connectivity index (χ3n) is 3.45. The summed E-state index contributed by atoms with van der Waals surface area (Å²) in [5, 5.41) is 8.26. The lowest BCUT2D eigenvalue weighted by molar-refractivity contribution is 0.423. The highest BCUT2D eigenvalue weighted by Crippen LogP contribution is 2.25. The fourth-order valence-corrected chi connectivity index (χ4v) is 2.30. The third kappa shape index (κ3) is 2.42. The maximum Gasteiger partial charge on any atom is 0.323 e. The minimum atomic E-state index is 0.474. The maximum absolute atomic E-state index is 5.21. The Balaban J connectivity index is 1.75. The van der Waals surface area contributed by atoms with Gasteiger partial charge >= 0.3 is 6.01 Å². The number of anilines is 1. The molecule has 3 aromatic heterocycles. The van der Waals surface area contributed by atoms with E-state index in [0.29, 0.717) is 11.8 Å². The monoisotopic (exact) mass is 306 g/mol. The van der Waals surface area contributed by atoms with Gasteiger partial charge < -0.3 is 9.42 Å². The van der Waals surface area contributed by atoms with Crippen LogP contribution in [-0.2, 0) is 0 Å². The molecule has 0 radical (unpaired) electrons. The zero-order valence-electron chi connectivity index (χ0n) is 12.7. The topological polar surface area (TPSA) is 72.4 Å². The minimum Gasteiger partial charge on any atom is -0.331 e. The van der Waals surface area contributed by atoms with Gasteiger partial charge in [0.25, 0.3) is 0 Å². The molecule has 0 aliphatic heterocycles. The van der Waals surface area contributed by atoms with Gasteiger partial charge in [-0.2, -0.15) is 10.1 Å². The van der Waals surface area contributed by atoms with Gasteiger partial charge in [-0.05, 0) is 18.2 Å². The Labute approximate surface area is 132 Å². The highest BCUT2D eigenvalue weighted by molar-refractivity contribution is 5.69. The van der Waals surface area contributed by atoms with E-state index in [1.807, 2.05) is 56.7 Å². The predicted molar refractivity (Wildman–Crippen MR) is 86.0 cm³/mol. The smallest absolute Gasteiger partial charge is 0.323 e. The molecule has 1 aromatic carbocycles. The van der Waals surface area contributed by atoms with E-state index in [2.05, 4.69) is 20.2 Å². The average molecular weight is 306 g/mol. The van der Waals surface area contributed by atoms with Crippen LogP contribution in [0.1, 0.15) is 0 Å². The first-order valence-corrected chi connectivity index (χ1v) is 7.13. The Bertz CT molecular complexity index is 938. The molecule has 3 heterocycles. The van der Waals surface area contributed by atoms with E-state index in [-0.39, 0.29) is 0 Å². The van der Waals surface area contributed by atoms with Crippen molar-refractivity contribution in [1.29, 1.82) is 0 Å². The molecule has 0 saturated carbocycles. The molecule has 114 valence electrons. The molecule has 0 saturated heterocycles. The number of fused-ring (bicyclic) bond motifs is 1. The van der Waals surface area contributed by atoms with E-state index in [4.69, 9.17) is 4.52 Å². The first-order valence-electron chi connectivity index (χ1n) is 7.13. The molecule has 0 spiro atoms. The molecular weight excluding hydrogens is 292 g/mol. The molecule has 0 aliphatic rings. The first-order chi connectivity index (χ1) is 11.2. The molecule has 7 heteroatoms. The van der Waals surface area contributed by atoms with Gasteiger partial charge in [-0.1, -0.05) is 23.4 Å². The Kier molecular flexibility index (Phi) is 3.04. The first kappa shape index (κ1) is 13.4. The molecule has 0 atom stereocenters. The molecule has 0 unspecified atom stereocenters. The van der Waals surface area contributed by atoms with Crippen molar-refractivity contribution in [1.82, 2.24) is 24.7 Å². The quantitative estimate of drug-likeness (QED) is 0.579. The van der Waals surface area contributed by atoms with Crippen LogP contribution >= 0.6 is 0 Å². The number of rotatable bonds is 3.